The molecular formula is C27H33F3O6. The van der Waals surface area contributed by atoms with Crippen molar-refractivity contribution >= 4 is 17.7 Å². The zero-order chi connectivity index (χ0) is 26.5. The molecule has 5 aliphatic carbocycles. The Bertz CT molecular complexity index is 1080. The van der Waals surface area contributed by atoms with Gasteiger partial charge in [0.15, 0.2) is 11.5 Å². The summed E-state index contributed by atoms with van der Waals surface area (Å²) >= 11 is 0. The lowest BCUT2D eigenvalue weighted by Gasteiger charge is -2.63. The van der Waals surface area contributed by atoms with Crippen LogP contribution in [0, 0.1) is 34.0 Å². The van der Waals surface area contributed by atoms with E-state index in [-0.39, 0.29) is 24.8 Å². The number of alkyl halides is 3. The fourth-order valence-electron chi connectivity index (χ4n) is 8.04. The average molecular weight is 511 g/mol. The molecule has 0 amide bonds. The molecule has 5 aliphatic rings. The highest BCUT2D eigenvalue weighted by Gasteiger charge is 2.79. The van der Waals surface area contributed by atoms with E-state index < -0.39 is 82.1 Å². The van der Waals surface area contributed by atoms with E-state index in [2.05, 4.69) is 0 Å². The molecule has 5 rings (SSSR count). The van der Waals surface area contributed by atoms with Crippen molar-refractivity contribution in [2.75, 3.05) is 6.86 Å². The van der Waals surface area contributed by atoms with Gasteiger partial charge >= 0.3 is 11.9 Å². The number of ether oxygens (including phenoxy) is 2. The van der Waals surface area contributed by atoms with E-state index in [9.17, 15) is 23.9 Å². The molecule has 1 N–H and O–H groups in total. The lowest BCUT2D eigenvalue weighted by atomic mass is 9.44. The predicted octanol–water partition coefficient (Wildman–Crippen LogP) is 4.10. The number of esters is 2. The first-order chi connectivity index (χ1) is 16.7. The summed E-state index contributed by atoms with van der Waals surface area (Å²) in [7, 11) is 0. The van der Waals surface area contributed by atoms with Crippen LogP contribution in [-0.4, -0.2) is 53.2 Å². The monoisotopic (exact) mass is 510 g/mol. The molecule has 0 aliphatic heterocycles. The number of ketones is 1. The average Bonchev–Trinajstić information content (AvgIpc) is 3.52. The topological polar surface area (TPSA) is 89.9 Å². The predicted molar refractivity (Wildman–Crippen MR) is 121 cm³/mol. The Labute approximate surface area is 208 Å². The number of hydrogen-bond donors (Lipinski definition) is 1. The number of aliphatic hydroxyl groups is 1. The first-order valence-electron chi connectivity index (χ1n) is 12.6. The second-order valence-corrected chi connectivity index (χ2v) is 12.2. The Kier molecular flexibility index (Phi) is 5.44. The van der Waals surface area contributed by atoms with Gasteiger partial charge in [-0.15, -0.1) is 0 Å². The third kappa shape index (κ3) is 2.92. The molecule has 4 saturated carbocycles. The number of aliphatic hydroxyl groups excluding tert-OH is 1. The van der Waals surface area contributed by atoms with Crippen molar-refractivity contribution in [3.63, 3.8) is 0 Å². The molecule has 198 valence electrons. The summed E-state index contributed by atoms with van der Waals surface area (Å²) in [4.78, 5) is 38.5. The second-order valence-electron chi connectivity index (χ2n) is 12.2. The number of carbonyl (C=O) groups excluding carboxylic acids is 3. The Morgan fingerprint density at radius 1 is 1.14 bits per heavy atom. The van der Waals surface area contributed by atoms with Gasteiger partial charge in [0.25, 0.3) is 0 Å². The van der Waals surface area contributed by atoms with Gasteiger partial charge in [0.1, 0.15) is 6.17 Å². The molecule has 9 heteroatoms. The van der Waals surface area contributed by atoms with Gasteiger partial charge in [-0.05, 0) is 69.6 Å². The minimum Gasteiger partial charge on any atom is -0.446 e. The van der Waals surface area contributed by atoms with Crippen LogP contribution in [0.25, 0.3) is 0 Å². The van der Waals surface area contributed by atoms with E-state index in [0.29, 0.717) is 12.8 Å². The van der Waals surface area contributed by atoms with Gasteiger partial charge < -0.3 is 14.6 Å². The highest BCUT2D eigenvalue weighted by atomic mass is 19.1. The van der Waals surface area contributed by atoms with Crippen LogP contribution in [0.3, 0.4) is 0 Å². The van der Waals surface area contributed by atoms with Crippen molar-refractivity contribution in [2.45, 2.75) is 83.3 Å². The molecule has 6 nitrogen and oxygen atoms in total. The van der Waals surface area contributed by atoms with Crippen molar-refractivity contribution in [3.05, 3.63) is 23.8 Å². The molecule has 36 heavy (non-hydrogen) atoms. The van der Waals surface area contributed by atoms with Crippen molar-refractivity contribution in [2.24, 2.45) is 34.0 Å². The maximum absolute atomic E-state index is 17.3. The van der Waals surface area contributed by atoms with Gasteiger partial charge in [0.05, 0.1) is 11.5 Å². The Hall–Kier alpha value is -2.16. The summed E-state index contributed by atoms with van der Waals surface area (Å²) in [5.74, 6) is -4.56. The number of fused-ring (bicyclic) bond motifs is 5. The van der Waals surface area contributed by atoms with Gasteiger partial charge in [-0.25, -0.2) is 18.0 Å². The molecule has 9 atom stereocenters. The Balaban J connectivity index is 1.63. The van der Waals surface area contributed by atoms with Gasteiger partial charge in [-0.2, -0.15) is 0 Å². The molecular weight excluding hydrogens is 477 g/mol. The second kappa shape index (κ2) is 7.68. The van der Waals surface area contributed by atoms with Crippen LogP contribution in [0.5, 0.6) is 0 Å². The molecule has 0 heterocycles. The SMILES string of the molecule is C[C@@H]1C[C@H]2[C@@H]3C[C@H](F)C4=CC(=O)C=C[C@]4(C)[C@@]3(F)[C@@H](O)C[C@]2(C)[C@@]1(OC(=O)C1(C)CC1)C(=O)OCF. The van der Waals surface area contributed by atoms with E-state index in [0.717, 1.165) is 6.08 Å². The lowest BCUT2D eigenvalue weighted by molar-refractivity contribution is -0.242. The highest BCUT2D eigenvalue weighted by molar-refractivity contribution is 6.01. The van der Waals surface area contributed by atoms with E-state index in [1.165, 1.54) is 19.1 Å². The first-order valence-corrected chi connectivity index (χ1v) is 12.6. The van der Waals surface area contributed by atoms with Crippen LogP contribution in [0.4, 0.5) is 13.2 Å². The zero-order valence-corrected chi connectivity index (χ0v) is 21.0. The largest absolute Gasteiger partial charge is 0.446 e. The summed E-state index contributed by atoms with van der Waals surface area (Å²) in [6.45, 7) is 5.07. The molecule has 0 aromatic heterocycles. The normalized spacial score (nSPS) is 48.3. The highest BCUT2D eigenvalue weighted by Crippen LogP contribution is 2.72. The summed E-state index contributed by atoms with van der Waals surface area (Å²) in [6.07, 6.45) is 1.08. The molecule has 0 spiro atoms. The number of hydrogen-bond acceptors (Lipinski definition) is 6. The quantitative estimate of drug-likeness (QED) is 0.573. The molecule has 0 aromatic carbocycles. The minimum atomic E-state index is -2.34. The Morgan fingerprint density at radius 3 is 2.42 bits per heavy atom. The molecule has 4 fully saturated rings. The molecule has 0 aromatic rings. The van der Waals surface area contributed by atoms with Crippen LogP contribution in [0.15, 0.2) is 23.8 Å². The zero-order valence-electron chi connectivity index (χ0n) is 21.0. The summed E-state index contributed by atoms with van der Waals surface area (Å²) in [5.41, 5.74) is -7.99. The smallest absolute Gasteiger partial charge is 0.353 e. The van der Waals surface area contributed by atoms with Gasteiger partial charge in [0, 0.05) is 22.7 Å². The molecule has 0 bridgehead atoms. The maximum atomic E-state index is 17.3. The van der Waals surface area contributed by atoms with Gasteiger partial charge in [0.2, 0.25) is 12.5 Å². The van der Waals surface area contributed by atoms with Crippen LogP contribution in [-0.2, 0) is 23.9 Å². The van der Waals surface area contributed by atoms with Crippen LogP contribution in [0.2, 0.25) is 0 Å². The molecule has 0 unspecified atom stereocenters. The van der Waals surface area contributed by atoms with E-state index in [4.69, 9.17) is 9.47 Å². The minimum absolute atomic E-state index is 0.00126. The lowest BCUT2D eigenvalue weighted by Crippen LogP contribution is -2.71. The molecule has 0 saturated heterocycles. The number of halogens is 3. The van der Waals surface area contributed by atoms with Gasteiger partial charge in [-0.1, -0.05) is 19.9 Å². The van der Waals surface area contributed by atoms with Crippen LogP contribution < -0.4 is 0 Å². The third-order valence-corrected chi connectivity index (χ3v) is 10.4. The van der Waals surface area contributed by atoms with Crippen molar-refractivity contribution in [1.29, 1.82) is 0 Å². The Morgan fingerprint density at radius 2 is 1.81 bits per heavy atom. The van der Waals surface area contributed by atoms with Crippen molar-refractivity contribution in [1.82, 2.24) is 0 Å². The summed E-state index contributed by atoms with van der Waals surface area (Å²) in [6, 6.07) is 0. The fourth-order valence-corrected chi connectivity index (χ4v) is 8.04. The van der Waals surface area contributed by atoms with Crippen molar-refractivity contribution in [3.8, 4) is 0 Å². The van der Waals surface area contributed by atoms with E-state index >= 15 is 8.78 Å². The van der Waals surface area contributed by atoms with Crippen LogP contribution in [0.1, 0.15) is 59.8 Å². The third-order valence-electron chi connectivity index (χ3n) is 10.4. The van der Waals surface area contributed by atoms with Gasteiger partial charge in [-0.3, -0.25) is 9.59 Å². The standard InChI is InChI=1S/C27H33F3O6/c1-14-9-16-17-11-19(29)18-10-15(31)5-6-24(18,3)26(17,30)20(32)12-25(16,4)27(14,22(34)35-13-28)36-21(33)23(2)7-8-23/h5-6,10,14,16-17,19-20,32H,7-9,11-13H2,1-4H3/t14-,16+,17+,19+,20+,24+,25+,26+,27+/m1/s1. The number of allylic oxidation sites excluding steroid dienone is 4. The summed E-state index contributed by atoms with van der Waals surface area (Å²) < 4.78 is 57.0. The van der Waals surface area contributed by atoms with Crippen molar-refractivity contribution < 1.29 is 42.1 Å². The van der Waals surface area contributed by atoms with E-state index in [1.54, 1.807) is 20.8 Å². The fraction of sp³-hybridized carbons (Fsp3) is 0.741. The maximum Gasteiger partial charge on any atom is 0.353 e. The molecule has 0 radical (unpaired) electrons. The van der Waals surface area contributed by atoms with Crippen LogP contribution >= 0.6 is 0 Å². The number of carbonyl (C=O) groups is 3. The van der Waals surface area contributed by atoms with E-state index in [1.807, 2.05) is 0 Å². The number of rotatable bonds is 4. The summed E-state index contributed by atoms with van der Waals surface area (Å²) in [5, 5.41) is 11.5. The first kappa shape index (κ1) is 25.5.